The van der Waals surface area contributed by atoms with E-state index in [1.54, 1.807) is 6.07 Å². The zero-order valence-electron chi connectivity index (χ0n) is 10.7. The number of nitrogens with one attached hydrogen (secondary N) is 3. The third kappa shape index (κ3) is 3.35. The number of H-pyrrole nitrogens is 1. The van der Waals surface area contributed by atoms with Gasteiger partial charge in [0, 0.05) is 17.8 Å². The van der Waals surface area contributed by atoms with Crippen molar-refractivity contribution in [2.75, 3.05) is 6.61 Å². The van der Waals surface area contributed by atoms with Gasteiger partial charge in [-0.25, -0.2) is 4.79 Å². The van der Waals surface area contributed by atoms with Crippen LogP contribution in [-0.4, -0.2) is 29.4 Å². The molecule has 2 rings (SSSR count). The van der Waals surface area contributed by atoms with E-state index >= 15 is 0 Å². The van der Waals surface area contributed by atoms with Gasteiger partial charge in [-0.05, 0) is 12.1 Å². The molecule has 1 heterocycles. The van der Waals surface area contributed by atoms with Gasteiger partial charge in [-0.1, -0.05) is 18.2 Å². The van der Waals surface area contributed by atoms with Crippen LogP contribution in [0.5, 0.6) is 0 Å². The van der Waals surface area contributed by atoms with E-state index < -0.39 is 24.4 Å². The first-order valence-corrected chi connectivity index (χ1v) is 5.86. The number of para-hydroxylation sites is 1. The molecule has 104 valence electrons. The van der Waals surface area contributed by atoms with Gasteiger partial charge in [-0.2, -0.15) is 0 Å². The molecule has 0 aliphatic carbocycles. The lowest BCUT2D eigenvalue weighted by molar-refractivity contribution is -0.129. The van der Waals surface area contributed by atoms with Gasteiger partial charge < -0.3 is 9.72 Å². The van der Waals surface area contributed by atoms with Crippen LogP contribution in [-0.2, 0) is 14.3 Å². The number of ether oxygens (including phenoxy) is 1. The number of fused-ring (bicyclic) bond motifs is 1. The van der Waals surface area contributed by atoms with E-state index in [2.05, 4.69) is 15.8 Å². The molecule has 0 saturated carbocycles. The van der Waals surface area contributed by atoms with E-state index in [0.29, 0.717) is 0 Å². The van der Waals surface area contributed by atoms with E-state index in [4.69, 9.17) is 4.74 Å². The number of hydrogen-bond acceptors (Lipinski definition) is 4. The van der Waals surface area contributed by atoms with Crippen LogP contribution in [0.4, 0.5) is 0 Å². The predicted molar refractivity (Wildman–Crippen MR) is 70.5 cm³/mol. The highest BCUT2D eigenvalue weighted by Gasteiger charge is 2.12. The number of amides is 2. The van der Waals surface area contributed by atoms with Gasteiger partial charge in [-0.15, -0.1) is 0 Å². The standard InChI is InChI=1S/C13H13N3O4/c1-8(17)15-16-12(18)7-20-13(19)11-6-9-4-2-3-5-10(9)14-11/h2-6,14H,7H2,1H3,(H,15,17)(H,16,18). The fraction of sp³-hybridized carbons (Fsp3) is 0.154. The number of benzene rings is 1. The molecule has 0 unspecified atom stereocenters. The number of esters is 1. The smallest absolute Gasteiger partial charge is 0.355 e. The van der Waals surface area contributed by atoms with Gasteiger partial charge in [0.2, 0.25) is 5.91 Å². The SMILES string of the molecule is CC(=O)NNC(=O)COC(=O)c1cc2ccccc2[nH]1. The molecule has 1 aromatic heterocycles. The maximum atomic E-state index is 11.7. The molecule has 1 aromatic carbocycles. The van der Waals surface area contributed by atoms with E-state index in [-0.39, 0.29) is 5.69 Å². The molecule has 0 atom stereocenters. The number of aromatic amines is 1. The van der Waals surface area contributed by atoms with Crippen molar-refractivity contribution in [3.63, 3.8) is 0 Å². The Morgan fingerprint density at radius 1 is 1.20 bits per heavy atom. The Morgan fingerprint density at radius 3 is 2.65 bits per heavy atom. The van der Waals surface area contributed by atoms with Crippen LogP contribution in [0.3, 0.4) is 0 Å². The fourth-order valence-electron chi connectivity index (χ4n) is 1.59. The molecule has 0 fully saturated rings. The highest BCUT2D eigenvalue weighted by atomic mass is 16.5. The van der Waals surface area contributed by atoms with E-state index in [1.807, 2.05) is 24.3 Å². The Kier molecular flexibility index (Phi) is 3.99. The summed E-state index contributed by atoms with van der Waals surface area (Å²) in [5, 5.41) is 0.877. The normalized spacial score (nSPS) is 10.1. The summed E-state index contributed by atoms with van der Waals surface area (Å²) >= 11 is 0. The molecule has 2 amide bonds. The van der Waals surface area contributed by atoms with Gasteiger partial charge in [0.25, 0.3) is 5.91 Å². The molecule has 0 aliphatic heterocycles. The Labute approximate surface area is 114 Å². The molecule has 7 heteroatoms. The van der Waals surface area contributed by atoms with Crippen LogP contribution in [0.15, 0.2) is 30.3 Å². The summed E-state index contributed by atoms with van der Waals surface area (Å²) in [6.45, 7) is 0.769. The van der Waals surface area contributed by atoms with Gasteiger partial charge in [0.05, 0.1) is 0 Å². The van der Waals surface area contributed by atoms with Crippen LogP contribution >= 0.6 is 0 Å². The first-order chi connectivity index (χ1) is 9.56. The molecule has 7 nitrogen and oxygen atoms in total. The third-order valence-corrected chi connectivity index (χ3v) is 2.46. The van der Waals surface area contributed by atoms with E-state index in [1.165, 1.54) is 6.92 Å². The van der Waals surface area contributed by atoms with Gasteiger partial charge >= 0.3 is 5.97 Å². The molecule has 0 radical (unpaired) electrons. The summed E-state index contributed by atoms with van der Waals surface area (Å²) in [5.41, 5.74) is 5.25. The van der Waals surface area contributed by atoms with Crippen LogP contribution in [0.2, 0.25) is 0 Å². The summed E-state index contributed by atoms with van der Waals surface area (Å²) in [6, 6.07) is 9.02. The molecule has 0 saturated heterocycles. The van der Waals surface area contributed by atoms with Crippen molar-refractivity contribution in [3.05, 3.63) is 36.0 Å². The van der Waals surface area contributed by atoms with Gasteiger partial charge in [0.1, 0.15) is 5.69 Å². The highest BCUT2D eigenvalue weighted by molar-refractivity contribution is 5.95. The van der Waals surface area contributed by atoms with E-state index in [0.717, 1.165) is 10.9 Å². The van der Waals surface area contributed by atoms with Crippen LogP contribution in [0.1, 0.15) is 17.4 Å². The average molecular weight is 275 g/mol. The molecule has 0 spiro atoms. The second kappa shape index (κ2) is 5.87. The summed E-state index contributed by atoms with van der Waals surface area (Å²) in [4.78, 5) is 36.4. The first kappa shape index (κ1) is 13.6. The lowest BCUT2D eigenvalue weighted by atomic mass is 10.2. The molecule has 20 heavy (non-hydrogen) atoms. The van der Waals surface area contributed by atoms with Gasteiger partial charge in [-0.3, -0.25) is 20.4 Å². The summed E-state index contributed by atoms with van der Waals surface area (Å²) in [6.07, 6.45) is 0. The summed E-state index contributed by atoms with van der Waals surface area (Å²) < 4.78 is 4.82. The molecule has 0 bridgehead atoms. The lowest BCUT2D eigenvalue weighted by Gasteiger charge is -2.05. The molecule has 2 aromatic rings. The highest BCUT2D eigenvalue weighted by Crippen LogP contribution is 2.15. The van der Waals surface area contributed by atoms with Crippen LogP contribution < -0.4 is 10.9 Å². The molecular weight excluding hydrogens is 262 g/mol. The number of hydrazine groups is 1. The molecular formula is C13H13N3O4. The zero-order valence-corrected chi connectivity index (χ0v) is 10.7. The molecule has 0 aliphatic rings. The fourth-order valence-corrected chi connectivity index (χ4v) is 1.59. The minimum Gasteiger partial charge on any atom is -0.451 e. The largest absolute Gasteiger partial charge is 0.451 e. The Bertz CT molecular complexity index is 629. The quantitative estimate of drug-likeness (QED) is 0.560. The Morgan fingerprint density at radius 2 is 1.95 bits per heavy atom. The first-order valence-electron chi connectivity index (χ1n) is 5.86. The number of aromatic nitrogens is 1. The minimum atomic E-state index is -0.640. The maximum Gasteiger partial charge on any atom is 0.355 e. The van der Waals surface area contributed by atoms with Gasteiger partial charge in [0.15, 0.2) is 6.61 Å². The average Bonchev–Trinajstić information content (AvgIpc) is 2.86. The number of carbonyl (C=O) groups excluding carboxylic acids is 3. The van der Waals surface area contributed by atoms with Crippen molar-refractivity contribution in [1.82, 2.24) is 15.8 Å². The second-order valence-corrected chi connectivity index (χ2v) is 4.08. The zero-order chi connectivity index (χ0) is 14.5. The Balaban J connectivity index is 1.91. The summed E-state index contributed by atoms with van der Waals surface area (Å²) in [7, 11) is 0. The van der Waals surface area contributed by atoms with Crippen molar-refractivity contribution < 1.29 is 19.1 Å². The predicted octanol–water partition coefficient (Wildman–Crippen LogP) is 0.492. The van der Waals surface area contributed by atoms with Crippen molar-refractivity contribution in [3.8, 4) is 0 Å². The number of hydrogen-bond donors (Lipinski definition) is 3. The second-order valence-electron chi connectivity index (χ2n) is 4.08. The van der Waals surface area contributed by atoms with Crippen molar-refractivity contribution >= 4 is 28.7 Å². The maximum absolute atomic E-state index is 11.7. The Hall–Kier alpha value is -2.83. The molecule has 3 N–H and O–H groups in total. The summed E-state index contributed by atoms with van der Waals surface area (Å²) in [5.74, 6) is -1.68. The monoisotopic (exact) mass is 275 g/mol. The van der Waals surface area contributed by atoms with Crippen molar-refractivity contribution in [2.45, 2.75) is 6.92 Å². The minimum absolute atomic E-state index is 0.263. The van der Waals surface area contributed by atoms with Crippen LogP contribution in [0.25, 0.3) is 10.9 Å². The number of rotatable bonds is 3. The van der Waals surface area contributed by atoms with E-state index in [9.17, 15) is 14.4 Å². The topological polar surface area (TPSA) is 100 Å². The van der Waals surface area contributed by atoms with Crippen molar-refractivity contribution in [1.29, 1.82) is 0 Å². The van der Waals surface area contributed by atoms with Crippen molar-refractivity contribution in [2.24, 2.45) is 0 Å². The van der Waals surface area contributed by atoms with Crippen LogP contribution in [0, 0.1) is 0 Å². The third-order valence-electron chi connectivity index (χ3n) is 2.46. The lowest BCUT2D eigenvalue weighted by Crippen LogP contribution is -2.42. The number of carbonyl (C=O) groups is 3.